The average molecular weight is 256 g/mol. The van der Waals surface area contributed by atoms with Crippen molar-refractivity contribution in [2.75, 3.05) is 0 Å². The van der Waals surface area contributed by atoms with Gasteiger partial charge in [0.05, 0.1) is 11.1 Å². The summed E-state index contributed by atoms with van der Waals surface area (Å²) >= 11 is 0. The first-order valence-electron chi connectivity index (χ1n) is 4.12. The zero-order valence-corrected chi connectivity index (χ0v) is 7.96. The van der Waals surface area contributed by atoms with Crippen molar-refractivity contribution < 1.29 is 36.6 Å². The van der Waals surface area contributed by atoms with Crippen molar-refractivity contribution in [3.05, 3.63) is 29.3 Å². The molecular formula is C9H5F5O3. The Morgan fingerprint density at radius 1 is 1.29 bits per heavy atom. The molecule has 0 bridgehead atoms. The number of carbonyl (C=O) groups is 1. The Morgan fingerprint density at radius 3 is 2.29 bits per heavy atom. The molecular weight excluding hydrogens is 251 g/mol. The molecule has 0 aliphatic carbocycles. The first kappa shape index (κ1) is 13.2. The van der Waals surface area contributed by atoms with Crippen LogP contribution in [0.4, 0.5) is 22.0 Å². The van der Waals surface area contributed by atoms with Crippen LogP contribution in [0.1, 0.15) is 22.3 Å². The van der Waals surface area contributed by atoms with E-state index in [1.807, 2.05) is 0 Å². The van der Waals surface area contributed by atoms with Gasteiger partial charge in [0, 0.05) is 0 Å². The Kier molecular flexibility index (Phi) is 3.54. The average Bonchev–Trinajstić information content (AvgIpc) is 2.14. The Labute approximate surface area is 91.4 Å². The Hall–Kier alpha value is -1.86. The van der Waals surface area contributed by atoms with Crippen molar-refractivity contribution in [3.8, 4) is 5.75 Å². The smallest absolute Gasteiger partial charge is 0.478 e. The molecule has 0 atom stereocenters. The third-order valence-corrected chi connectivity index (χ3v) is 1.72. The van der Waals surface area contributed by atoms with E-state index in [4.69, 9.17) is 5.11 Å². The molecule has 0 radical (unpaired) electrons. The molecule has 0 aromatic heterocycles. The van der Waals surface area contributed by atoms with Crippen molar-refractivity contribution in [3.63, 3.8) is 0 Å². The van der Waals surface area contributed by atoms with Crippen LogP contribution in [-0.2, 0) is 0 Å². The summed E-state index contributed by atoms with van der Waals surface area (Å²) in [5.74, 6) is -2.64. The van der Waals surface area contributed by atoms with Crippen LogP contribution in [0.5, 0.6) is 5.75 Å². The molecule has 8 heteroatoms. The topological polar surface area (TPSA) is 46.5 Å². The normalized spacial score (nSPS) is 11.6. The Bertz CT molecular complexity index is 427. The lowest BCUT2D eigenvalue weighted by Gasteiger charge is -2.13. The van der Waals surface area contributed by atoms with Crippen LogP contribution in [0.15, 0.2) is 18.2 Å². The lowest BCUT2D eigenvalue weighted by molar-refractivity contribution is -0.275. The first-order valence-corrected chi connectivity index (χ1v) is 4.12. The summed E-state index contributed by atoms with van der Waals surface area (Å²) in [6.07, 6.45) is -8.39. The minimum absolute atomic E-state index is 0.439. The highest BCUT2D eigenvalue weighted by molar-refractivity contribution is 5.88. The monoisotopic (exact) mass is 256 g/mol. The van der Waals surface area contributed by atoms with E-state index in [0.29, 0.717) is 12.1 Å². The van der Waals surface area contributed by atoms with Gasteiger partial charge in [-0.25, -0.2) is 13.6 Å². The second-order valence-electron chi connectivity index (χ2n) is 2.91. The maximum atomic E-state index is 12.4. The van der Waals surface area contributed by atoms with Crippen molar-refractivity contribution >= 4 is 5.97 Å². The summed E-state index contributed by atoms with van der Waals surface area (Å²) in [6, 6.07) is 1.72. The lowest BCUT2D eigenvalue weighted by atomic mass is 10.1. The molecule has 0 amide bonds. The van der Waals surface area contributed by atoms with E-state index in [2.05, 4.69) is 4.74 Å². The molecule has 3 nitrogen and oxygen atoms in total. The quantitative estimate of drug-likeness (QED) is 0.844. The number of alkyl halides is 5. The predicted octanol–water partition coefficient (Wildman–Crippen LogP) is 3.22. The third-order valence-electron chi connectivity index (χ3n) is 1.72. The number of carboxylic acids is 1. The largest absolute Gasteiger partial charge is 0.573 e. The van der Waals surface area contributed by atoms with Crippen LogP contribution in [-0.4, -0.2) is 17.4 Å². The molecule has 0 heterocycles. The number of carboxylic acid groups (broad SMARTS) is 1. The molecule has 0 unspecified atom stereocenters. The van der Waals surface area contributed by atoms with Crippen LogP contribution in [0.3, 0.4) is 0 Å². The fraction of sp³-hybridized carbons (Fsp3) is 0.222. The predicted molar refractivity (Wildman–Crippen MR) is 45.0 cm³/mol. The number of hydrogen-bond donors (Lipinski definition) is 1. The minimum atomic E-state index is -5.12. The van der Waals surface area contributed by atoms with Gasteiger partial charge in [-0.05, 0) is 18.2 Å². The molecule has 94 valence electrons. The van der Waals surface area contributed by atoms with E-state index in [1.54, 1.807) is 0 Å². The van der Waals surface area contributed by atoms with E-state index in [1.165, 1.54) is 0 Å². The Balaban J connectivity index is 3.18. The zero-order chi connectivity index (χ0) is 13.2. The maximum Gasteiger partial charge on any atom is 0.573 e. The van der Waals surface area contributed by atoms with Crippen molar-refractivity contribution in [2.24, 2.45) is 0 Å². The summed E-state index contributed by atoms with van der Waals surface area (Å²) in [7, 11) is 0. The molecule has 0 fully saturated rings. The van der Waals surface area contributed by atoms with E-state index >= 15 is 0 Å². The molecule has 17 heavy (non-hydrogen) atoms. The van der Waals surface area contributed by atoms with Crippen LogP contribution in [0, 0.1) is 0 Å². The molecule has 0 spiro atoms. The summed E-state index contributed by atoms with van der Waals surface area (Å²) in [6.45, 7) is 0. The second kappa shape index (κ2) is 4.56. The summed E-state index contributed by atoms with van der Waals surface area (Å²) in [5.41, 5.74) is -1.67. The number of ether oxygens (including phenoxy) is 1. The highest BCUT2D eigenvalue weighted by Gasteiger charge is 2.33. The van der Waals surface area contributed by atoms with Gasteiger partial charge in [0.2, 0.25) is 0 Å². The number of hydrogen-bond acceptors (Lipinski definition) is 2. The molecule has 1 aromatic rings. The molecule has 0 saturated heterocycles. The summed E-state index contributed by atoms with van der Waals surface area (Å²) < 4.78 is 63.7. The molecule has 1 aromatic carbocycles. The standard InChI is InChI=1S/C9H5F5O3/c10-7(11)5-3-4(8(15)16)1-2-6(5)17-9(12,13)14/h1-3,7H,(H,15,16). The summed E-state index contributed by atoms with van der Waals surface area (Å²) in [5, 5.41) is 8.51. The fourth-order valence-corrected chi connectivity index (χ4v) is 1.07. The molecule has 1 rings (SSSR count). The van der Waals surface area contributed by atoms with Crippen LogP contribution in [0.2, 0.25) is 0 Å². The summed E-state index contributed by atoms with van der Waals surface area (Å²) in [4.78, 5) is 10.5. The van der Waals surface area contributed by atoms with Crippen molar-refractivity contribution in [1.82, 2.24) is 0 Å². The van der Waals surface area contributed by atoms with Gasteiger partial charge in [-0.1, -0.05) is 0 Å². The van der Waals surface area contributed by atoms with Crippen LogP contribution in [0.25, 0.3) is 0 Å². The van der Waals surface area contributed by atoms with Gasteiger partial charge in [0.1, 0.15) is 5.75 Å². The van der Waals surface area contributed by atoms with Gasteiger partial charge in [-0.2, -0.15) is 0 Å². The third kappa shape index (κ3) is 3.58. The second-order valence-corrected chi connectivity index (χ2v) is 2.91. The van der Waals surface area contributed by atoms with Crippen molar-refractivity contribution in [2.45, 2.75) is 12.8 Å². The number of rotatable bonds is 3. The number of aromatic carboxylic acids is 1. The molecule has 0 aliphatic rings. The lowest BCUT2D eigenvalue weighted by Crippen LogP contribution is -2.18. The van der Waals surface area contributed by atoms with Gasteiger partial charge in [0.25, 0.3) is 6.43 Å². The SMILES string of the molecule is O=C(O)c1ccc(OC(F)(F)F)c(C(F)F)c1. The maximum absolute atomic E-state index is 12.4. The van der Waals surface area contributed by atoms with Crippen LogP contribution < -0.4 is 4.74 Å². The van der Waals surface area contributed by atoms with E-state index in [9.17, 15) is 26.7 Å². The van der Waals surface area contributed by atoms with Gasteiger partial charge >= 0.3 is 12.3 Å². The van der Waals surface area contributed by atoms with Gasteiger partial charge < -0.3 is 9.84 Å². The molecule has 1 N–H and O–H groups in total. The number of halogens is 5. The minimum Gasteiger partial charge on any atom is -0.478 e. The molecule has 0 aliphatic heterocycles. The van der Waals surface area contributed by atoms with E-state index in [-0.39, 0.29) is 0 Å². The van der Waals surface area contributed by atoms with Crippen molar-refractivity contribution in [1.29, 1.82) is 0 Å². The van der Waals surface area contributed by atoms with Crippen LogP contribution >= 0.6 is 0 Å². The van der Waals surface area contributed by atoms with Gasteiger partial charge in [-0.3, -0.25) is 0 Å². The number of benzene rings is 1. The Morgan fingerprint density at radius 2 is 1.88 bits per heavy atom. The highest BCUT2D eigenvalue weighted by Crippen LogP contribution is 2.33. The first-order chi connectivity index (χ1) is 7.70. The van der Waals surface area contributed by atoms with E-state index < -0.39 is 35.6 Å². The molecule has 0 saturated carbocycles. The van der Waals surface area contributed by atoms with E-state index in [0.717, 1.165) is 6.07 Å². The fourth-order valence-electron chi connectivity index (χ4n) is 1.07. The zero-order valence-electron chi connectivity index (χ0n) is 7.96. The van der Waals surface area contributed by atoms with Gasteiger partial charge in [-0.15, -0.1) is 13.2 Å². The van der Waals surface area contributed by atoms with Gasteiger partial charge in [0.15, 0.2) is 0 Å². The highest BCUT2D eigenvalue weighted by atomic mass is 19.4.